The fourth-order valence-electron chi connectivity index (χ4n) is 0.831. The first-order valence-electron chi connectivity index (χ1n) is 3.48. The molecule has 0 aliphatic carbocycles. The smallest absolute Gasteiger partial charge is 0.150 e. The van der Waals surface area contributed by atoms with E-state index in [9.17, 15) is 0 Å². The summed E-state index contributed by atoms with van der Waals surface area (Å²) in [6.45, 7) is 0. The zero-order valence-electron chi connectivity index (χ0n) is 5.59. The Morgan fingerprint density at radius 1 is 0.778 bits per heavy atom. The molecule has 1 heterocycles. The molecular formula is C7H10Al2. The van der Waals surface area contributed by atoms with Gasteiger partial charge >= 0.3 is 0 Å². The first-order chi connectivity index (χ1) is 4.50. The van der Waals surface area contributed by atoms with E-state index < -0.39 is 0 Å². The SMILES string of the molecule is C1=C\C=[CH]/[AlH][CH2][AlH]\[CH]=C/1. The molecule has 2 heteroatoms. The van der Waals surface area contributed by atoms with Crippen molar-refractivity contribution in [3.8, 4) is 0 Å². The van der Waals surface area contributed by atoms with E-state index in [1.807, 2.05) is 0 Å². The zero-order valence-corrected chi connectivity index (χ0v) is 8.41. The second-order valence-electron chi connectivity index (χ2n) is 2.17. The normalized spacial score (nSPS) is 27.6. The van der Waals surface area contributed by atoms with Gasteiger partial charge in [0.25, 0.3) is 30.4 Å². The van der Waals surface area contributed by atoms with Crippen LogP contribution in [-0.2, 0) is 0 Å². The molecule has 0 unspecified atom stereocenters. The molecule has 0 radical (unpaired) electrons. The van der Waals surface area contributed by atoms with Crippen LogP contribution in [-0.4, -0.2) is 30.4 Å². The number of hydrogen-bond acceptors (Lipinski definition) is 0. The lowest BCUT2D eigenvalue weighted by molar-refractivity contribution is 1.95. The van der Waals surface area contributed by atoms with Gasteiger partial charge in [-0.1, -0.05) is 24.3 Å². The topological polar surface area (TPSA) is 0 Å². The molecule has 1 rings (SSSR count). The van der Waals surface area contributed by atoms with Crippen LogP contribution in [0.15, 0.2) is 34.2 Å². The van der Waals surface area contributed by atoms with Crippen molar-refractivity contribution < 1.29 is 0 Å². The Balaban J connectivity index is 2.45. The van der Waals surface area contributed by atoms with Gasteiger partial charge in [0.1, 0.15) is 0 Å². The van der Waals surface area contributed by atoms with Gasteiger partial charge in [0.2, 0.25) is 0 Å². The van der Waals surface area contributed by atoms with Crippen LogP contribution in [0.5, 0.6) is 0 Å². The number of hydrogen-bond donors (Lipinski definition) is 0. The minimum absolute atomic E-state index is 0.208. The Morgan fingerprint density at radius 3 is 1.89 bits per heavy atom. The van der Waals surface area contributed by atoms with Crippen LogP contribution in [0.1, 0.15) is 0 Å². The molecule has 0 aromatic carbocycles. The van der Waals surface area contributed by atoms with Gasteiger partial charge in [0, 0.05) is 0 Å². The maximum Gasteiger partial charge on any atom is 0.256 e. The van der Waals surface area contributed by atoms with Crippen molar-refractivity contribution in [2.24, 2.45) is 0 Å². The highest BCUT2D eigenvalue weighted by atomic mass is 27.2. The van der Waals surface area contributed by atoms with Crippen LogP contribution >= 0.6 is 0 Å². The summed E-state index contributed by atoms with van der Waals surface area (Å²) < 4.78 is 1.56. The molecule has 44 valence electrons. The van der Waals surface area contributed by atoms with E-state index in [0.29, 0.717) is 0 Å². The predicted octanol–water partition coefficient (Wildman–Crippen LogP) is 0.832. The van der Waals surface area contributed by atoms with Crippen LogP contribution < -0.4 is 0 Å². The summed E-state index contributed by atoms with van der Waals surface area (Å²) in [4.78, 5) is 4.77. The molecule has 0 saturated heterocycles. The molecule has 0 saturated carbocycles. The highest BCUT2D eigenvalue weighted by molar-refractivity contribution is 6.61. The van der Waals surface area contributed by atoms with Gasteiger partial charge in [0.15, 0.2) is 0 Å². The number of allylic oxidation sites excluding steroid dienone is 4. The van der Waals surface area contributed by atoms with Gasteiger partial charge in [-0.3, -0.25) is 0 Å². The second-order valence-corrected chi connectivity index (χ2v) is 7.10. The molecule has 0 bridgehead atoms. The van der Waals surface area contributed by atoms with E-state index in [2.05, 4.69) is 34.2 Å². The van der Waals surface area contributed by atoms with E-state index in [-0.39, 0.29) is 30.4 Å². The Labute approximate surface area is 68.8 Å². The molecule has 1 aliphatic rings. The van der Waals surface area contributed by atoms with E-state index in [1.165, 1.54) is 0 Å². The van der Waals surface area contributed by atoms with Gasteiger partial charge in [-0.15, -0.1) is 14.0 Å². The Hall–Kier alpha value is 0.285. The summed E-state index contributed by atoms with van der Waals surface area (Å²) >= 11 is 0.416. The van der Waals surface area contributed by atoms with Gasteiger partial charge in [-0.05, 0) is 0 Å². The van der Waals surface area contributed by atoms with Gasteiger partial charge in [0.05, 0.1) is 0 Å². The highest BCUT2D eigenvalue weighted by Gasteiger charge is 1.88. The van der Waals surface area contributed by atoms with E-state index >= 15 is 0 Å². The summed E-state index contributed by atoms with van der Waals surface area (Å²) in [5.41, 5.74) is 0. The van der Waals surface area contributed by atoms with Gasteiger partial charge in [-0.25, -0.2) is 0 Å². The maximum atomic E-state index is 2.39. The standard InChI is InChI=1S/C6H6.CH2.2Al.2H/c1-3-5-6-4-2;;;;;/h1-6H;1H2;;;;/b3-1?,4-2?,6-5-;;;;;. The van der Waals surface area contributed by atoms with E-state index in [0.717, 1.165) is 0 Å². The Bertz CT molecular complexity index is 129. The fraction of sp³-hybridized carbons (Fsp3) is 0.143. The highest BCUT2D eigenvalue weighted by Crippen LogP contribution is 1.86. The summed E-state index contributed by atoms with van der Waals surface area (Å²) in [6.07, 6.45) is 8.64. The van der Waals surface area contributed by atoms with E-state index in [4.69, 9.17) is 0 Å². The van der Waals surface area contributed by atoms with Crippen LogP contribution in [0.4, 0.5) is 0 Å². The average molecular weight is 148 g/mol. The van der Waals surface area contributed by atoms with Crippen molar-refractivity contribution in [1.29, 1.82) is 0 Å². The minimum Gasteiger partial charge on any atom is -0.150 e. The molecule has 0 aromatic heterocycles. The molecular weight excluding hydrogens is 138 g/mol. The van der Waals surface area contributed by atoms with Crippen molar-refractivity contribution in [3.05, 3.63) is 34.2 Å². The molecule has 1 aliphatic heterocycles. The van der Waals surface area contributed by atoms with Crippen molar-refractivity contribution in [2.75, 3.05) is 0 Å². The van der Waals surface area contributed by atoms with Crippen LogP contribution in [0.25, 0.3) is 0 Å². The summed E-state index contributed by atoms with van der Waals surface area (Å²) in [6, 6.07) is 0. The minimum atomic E-state index is 0.208. The predicted molar refractivity (Wildman–Crippen MR) is 46.5 cm³/mol. The Kier molecular flexibility index (Phi) is 4.19. The first-order valence-corrected chi connectivity index (χ1v) is 7.12. The van der Waals surface area contributed by atoms with Gasteiger partial charge < -0.3 is 0 Å². The zero-order chi connectivity index (χ0) is 6.36. The van der Waals surface area contributed by atoms with Crippen LogP contribution in [0.3, 0.4) is 0 Å². The molecule has 0 amide bonds. The molecule has 0 N–H and O–H groups in total. The van der Waals surface area contributed by atoms with Crippen molar-refractivity contribution in [2.45, 2.75) is 4.14 Å². The third-order valence-corrected chi connectivity index (χ3v) is 5.82. The van der Waals surface area contributed by atoms with E-state index in [1.54, 1.807) is 4.14 Å². The van der Waals surface area contributed by atoms with Crippen LogP contribution in [0, 0.1) is 0 Å². The molecule has 0 spiro atoms. The maximum absolute atomic E-state index is 2.39. The van der Waals surface area contributed by atoms with Gasteiger partial charge in [-0.2, -0.15) is 0 Å². The largest absolute Gasteiger partial charge is 0.256 e. The number of rotatable bonds is 0. The fourth-order valence-corrected chi connectivity index (χ4v) is 4.36. The molecule has 0 aromatic rings. The lowest BCUT2D eigenvalue weighted by Gasteiger charge is -1.77. The summed E-state index contributed by atoms with van der Waals surface area (Å²) in [5.74, 6) is 0. The quantitative estimate of drug-likeness (QED) is 0.446. The lowest BCUT2D eigenvalue weighted by atomic mass is 10.5. The third-order valence-electron chi connectivity index (χ3n) is 1.35. The lowest BCUT2D eigenvalue weighted by Crippen LogP contribution is -1.90. The third kappa shape index (κ3) is 3.80. The molecule has 0 atom stereocenters. The van der Waals surface area contributed by atoms with Crippen molar-refractivity contribution >= 4 is 30.4 Å². The summed E-state index contributed by atoms with van der Waals surface area (Å²) in [7, 11) is 0. The average Bonchev–Trinajstić information content (AvgIpc) is 2.00. The monoisotopic (exact) mass is 148 g/mol. The molecule has 0 nitrogen and oxygen atoms in total. The molecule has 0 fully saturated rings. The van der Waals surface area contributed by atoms with Crippen LogP contribution in [0.2, 0.25) is 4.14 Å². The second kappa shape index (κ2) is 5.10. The Morgan fingerprint density at radius 2 is 1.33 bits per heavy atom. The molecule has 9 heavy (non-hydrogen) atoms. The first kappa shape index (κ1) is 7.39. The van der Waals surface area contributed by atoms with Crippen molar-refractivity contribution in [1.82, 2.24) is 0 Å². The van der Waals surface area contributed by atoms with Crippen molar-refractivity contribution in [3.63, 3.8) is 0 Å². The summed E-state index contributed by atoms with van der Waals surface area (Å²) in [5, 5.41) is 0.